The molecule has 0 fully saturated rings. The molecule has 1 aromatic carbocycles. The zero-order chi connectivity index (χ0) is 15.3. The fraction of sp³-hybridized carbons (Fsp3) is 0.389. The van der Waals surface area contributed by atoms with E-state index in [1.165, 1.54) is 5.56 Å². The van der Waals surface area contributed by atoms with Gasteiger partial charge in [0.15, 0.2) is 0 Å². The Balaban J connectivity index is 2.52. The number of rotatable bonds is 9. The molecule has 1 aromatic rings. The molecule has 112 valence electrons. The SMILES string of the molecule is CCCN(/C=C\C=C(\C#N)SCc1ccccc1)CCC. The van der Waals surface area contributed by atoms with Crippen LogP contribution < -0.4 is 0 Å². The van der Waals surface area contributed by atoms with E-state index in [9.17, 15) is 5.26 Å². The highest BCUT2D eigenvalue weighted by atomic mass is 32.2. The molecule has 3 heteroatoms. The molecule has 1 rings (SSSR count). The van der Waals surface area contributed by atoms with E-state index in [0.717, 1.165) is 36.6 Å². The van der Waals surface area contributed by atoms with Crippen LogP contribution in [-0.4, -0.2) is 18.0 Å². The second-order valence-corrected chi connectivity index (χ2v) is 5.81. The zero-order valence-corrected chi connectivity index (χ0v) is 13.8. The molecule has 0 saturated carbocycles. The molecular formula is C18H24N2S. The third-order valence-electron chi connectivity index (χ3n) is 2.91. The van der Waals surface area contributed by atoms with Crippen molar-refractivity contribution in [2.24, 2.45) is 0 Å². The van der Waals surface area contributed by atoms with E-state index in [4.69, 9.17) is 0 Å². The predicted molar refractivity (Wildman–Crippen MR) is 92.7 cm³/mol. The largest absolute Gasteiger partial charge is 0.377 e. The van der Waals surface area contributed by atoms with Crippen LogP contribution in [0.5, 0.6) is 0 Å². The predicted octanol–water partition coefficient (Wildman–Crippen LogP) is 4.96. The van der Waals surface area contributed by atoms with Crippen molar-refractivity contribution in [2.75, 3.05) is 13.1 Å². The van der Waals surface area contributed by atoms with Crippen molar-refractivity contribution < 1.29 is 0 Å². The molecule has 0 radical (unpaired) electrons. The van der Waals surface area contributed by atoms with Crippen molar-refractivity contribution in [3.8, 4) is 6.07 Å². The minimum Gasteiger partial charge on any atom is -0.377 e. The molecule has 0 unspecified atom stereocenters. The van der Waals surface area contributed by atoms with Crippen LogP contribution in [0.4, 0.5) is 0 Å². The van der Waals surface area contributed by atoms with E-state index in [0.29, 0.717) is 0 Å². The van der Waals surface area contributed by atoms with Gasteiger partial charge in [-0.05, 0) is 36.8 Å². The molecule has 0 aliphatic heterocycles. The first-order chi connectivity index (χ1) is 10.3. The Labute approximate surface area is 133 Å². The fourth-order valence-corrected chi connectivity index (χ4v) is 2.69. The van der Waals surface area contributed by atoms with Gasteiger partial charge < -0.3 is 4.90 Å². The van der Waals surface area contributed by atoms with E-state index >= 15 is 0 Å². The van der Waals surface area contributed by atoms with Crippen molar-refractivity contribution >= 4 is 11.8 Å². The molecule has 0 N–H and O–H groups in total. The summed E-state index contributed by atoms with van der Waals surface area (Å²) in [6.45, 7) is 6.50. The van der Waals surface area contributed by atoms with Crippen LogP contribution in [0.1, 0.15) is 32.3 Å². The lowest BCUT2D eigenvalue weighted by Crippen LogP contribution is -2.18. The van der Waals surface area contributed by atoms with Crippen molar-refractivity contribution in [2.45, 2.75) is 32.4 Å². The first-order valence-corrected chi connectivity index (χ1v) is 8.48. The van der Waals surface area contributed by atoms with Gasteiger partial charge in [-0.25, -0.2) is 0 Å². The number of thioether (sulfide) groups is 1. The van der Waals surface area contributed by atoms with E-state index in [-0.39, 0.29) is 0 Å². The van der Waals surface area contributed by atoms with Crippen molar-refractivity contribution in [3.05, 3.63) is 59.2 Å². The summed E-state index contributed by atoms with van der Waals surface area (Å²) in [5.41, 5.74) is 1.24. The normalized spacial score (nSPS) is 11.6. The van der Waals surface area contributed by atoms with Crippen LogP contribution in [0.15, 0.2) is 53.6 Å². The summed E-state index contributed by atoms with van der Waals surface area (Å²) in [5.74, 6) is 0.835. The highest BCUT2D eigenvalue weighted by molar-refractivity contribution is 8.02. The van der Waals surface area contributed by atoms with E-state index in [1.54, 1.807) is 11.8 Å². The van der Waals surface area contributed by atoms with E-state index in [1.807, 2.05) is 30.4 Å². The van der Waals surface area contributed by atoms with Gasteiger partial charge in [0.05, 0.1) is 4.91 Å². The van der Waals surface area contributed by atoms with Gasteiger partial charge in [0.2, 0.25) is 0 Å². The van der Waals surface area contributed by atoms with Crippen LogP contribution >= 0.6 is 11.8 Å². The molecule has 0 aliphatic carbocycles. The summed E-state index contributed by atoms with van der Waals surface area (Å²) in [7, 11) is 0. The van der Waals surface area contributed by atoms with Crippen molar-refractivity contribution in [1.29, 1.82) is 5.26 Å². The summed E-state index contributed by atoms with van der Waals surface area (Å²) >= 11 is 1.58. The number of hydrogen-bond donors (Lipinski definition) is 0. The molecule has 0 heterocycles. The Bertz CT molecular complexity index is 480. The molecule has 0 aliphatic rings. The minimum absolute atomic E-state index is 0.753. The molecule has 0 amide bonds. The molecule has 0 spiro atoms. The van der Waals surface area contributed by atoms with Crippen molar-refractivity contribution in [3.63, 3.8) is 0 Å². The molecule has 0 aromatic heterocycles. The Morgan fingerprint density at radius 2 is 1.86 bits per heavy atom. The summed E-state index contributed by atoms with van der Waals surface area (Å²) in [6.07, 6.45) is 8.27. The average Bonchev–Trinajstić information content (AvgIpc) is 2.52. The molecular weight excluding hydrogens is 276 g/mol. The molecule has 0 bridgehead atoms. The topological polar surface area (TPSA) is 27.0 Å². The van der Waals surface area contributed by atoms with Gasteiger partial charge in [0.1, 0.15) is 6.07 Å². The molecule has 0 atom stereocenters. The van der Waals surface area contributed by atoms with E-state index < -0.39 is 0 Å². The van der Waals surface area contributed by atoms with Crippen LogP contribution in [0.25, 0.3) is 0 Å². The average molecular weight is 300 g/mol. The van der Waals surface area contributed by atoms with Gasteiger partial charge in [0, 0.05) is 18.8 Å². The van der Waals surface area contributed by atoms with Crippen LogP contribution in [0.3, 0.4) is 0 Å². The highest BCUT2D eigenvalue weighted by Crippen LogP contribution is 2.20. The summed E-state index contributed by atoms with van der Waals surface area (Å²) in [5, 5.41) is 9.19. The molecule has 21 heavy (non-hydrogen) atoms. The van der Waals surface area contributed by atoms with Gasteiger partial charge in [-0.1, -0.05) is 44.2 Å². The van der Waals surface area contributed by atoms with Gasteiger partial charge >= 0.3 is 0 Å². The van der Waals surface area contributed by atoms with Gasteiger partial charge in [-0.3, -0.25) is 0 Å². The van der Waals surface area contributed by atoms with Crippen molar-refractivity contribution in [1.82, 2.24) is 4.90 Å². The Kier molecular flexibility index (Phi) is 9.15. The lowest BCUT2D eigenvalue weighted by Gasteiger charge is -2.17. The number of allylic oxidation sites excluding steroid dienone is 3. The van der Waals surface area contributed by atoms with Crippen LogP contribution in [-0.2, 0) is 5.75 Å². The number of nitriles is 1. The number of hydrogen-bond acceptors (Lipinski definition) is 3. The Hall–Kier alpha value is -1.66. The lowest BCUT2D eigenvalue weighted by molar-refractivity contribution is 0.376. The second-order valence-electron chi connectivity index (χ2n) is 4.79. The number of nitrogens with zero attached hydrogens (tertiary/aromatic N) is 2. The maximum absolute atomic E-state index is 9.19. The highest BCUT2D eigenvalue weighted by Gasteiger charge is 1.98. The second kappa shape index (κ2) is 11.0. The monoisotopic (exact) mass is 300 g/mol. The van der Waals surface area contributed by atoms with Crippen LogP contribution in [0.2, 0.25) is 0 Å². The molecule has 0 saturated heterocycles. The minimum atomic E-state index is 0.753. The lowest BCUT2D eigenvalue weighted by atomic mass is 10.2. The summed E-state index contributed by atoms with van der Waals surface area (Å²) in [6, 6.07) is 12.5. The van der Waals surface area contributed by atoms with Gasteiger partial charge in [-0.2, -0.15) is 5.26 Å². The Morgan fingerprint density at radius 3 is 2.43 bits per heavy atom. The first kappa shape index (κ1) is 17.4. The smallest absolute Gasteiger partial charge is 0.106 e. The summed E-state index contributed by atoms with van der Waals surface area (Å²) in [4.78, 5) is 3.05. The third kappa shape index (κ3) is 7.63. The summed E-state index contributed by atoms with van der Waals surface area (Å²) < 4.78 is 0. The first-order valence-electron chi connectivity index (χ1n) is 7.49. The van der Waals surface area contributed by atoms with E-state index in [2.05, 4.69) is 43.1 Å². The molecule has 2 nitrogen and oxygen atoms in total. The zero-order valence-electron chi connectivity index (χ0n) is 13.0. The van der Waals surface area contributed by atoms with Gasteiger partial charge in [-0.15, -0.1) is 11.8 Å². The van der Waals surface area contributed by atoms with Gasteiger partial charge in [0.25, 0.3) is 0 Å². The maximum atomic E-state index is 9.19. The number of benzene rings is 1. The van der Waals surface area contributed by atoms with Crippen LogP contribution in [0, 0.1) is 11.3 Å². The quantitative estimate of drug-likeness (QED) is 0.476. The fourth-order valence-electron chi connectivity index (χ4n) is 1.94. The Morgan fingerprint density at radius 1 is 1.19 bits per heavy atom. The standard InChI is InChI=1S/C18H24N2S/c1-3-12-20(13-4-2)14-8-11-18(15-19)21-16-17-9-6-5-7-10-17/h5-11,14H,3-4,12-13,16H2,1-2H3/b14-8-,18-11-. The third-order valence-corrected chi connectivity index (χ3v) is 3.93. The maximum Gasteiger partial charge on any atom is 0.106 e.